The fourth-order valence-electron chi connectivity index (χ4n) is 1.73. The minimum Gasteiger partial charge on any atom is -0.494 e. The van der Waals surface area contributed by atoms with Gasteiger partial charge in [0, 0.05) is 5.56 Å². The van der Waals surface area contributed by atoms with Crippen LogP contribution in [0, 0.1) is 0 Å². The SMILES string of the molecule is CCOc1ccc(C(=O)C(N)(CC)CC)cc1. The van der Waals surface area contributed by atoms with Gasteiger partial charge in [0.05, 0.1) is 12.1 Å². The van der Waals surface area contributed by atoms with Crippen molar-refractivity contribution < 1.29 is 9.53 Å². The molecule has 3 nitrogen and oxygen atoms in total. The van der Waals surface area contributed by atoms with Gasteiger partial charge in [-0.2, -0.15) is 0 Å². The van der Waals surface area contributed by atoms with Crippen LogP contribution in [0.5, 0.6) is 5.75 Å². The Morgan fingerprint density at radius 2 is 1.71 bits per heavy atom. The molecule has 0 spiro atoms. The van der Waals surface area contributed by atoms with Gasteiger partial charge in [0.1, 0.15) is 5.75 Å². The number of Topliss-reactive ketones (excluding diaryl/α,β-unsaturated/α-hetero) is 1. The lowest BCUT2D eigenvalue weighted by Gasteiger charge is -2.24. The molecule has 17 heavy (non-hydrogen) atoms. The number of hydrogen-bond donors (Lipinski definition) is 1. The predicted molar refractivity (Wildman–Crippen MR) is 69.4 cm³/mol. The van der Waals surface area contributed by atoms with E-state index in [0.717, 1.165) is 5.75 Å². The molecule has 0 fully saturated rings. The molecule has 0 amide bonds. The molecule has 1 aromatic rings. The van der Waals surface area contributed by atoms with Crippen LogP contribution in [0.25, 0.3) is 0 Å². The Morgan fingerprint density at radius 3 is 2.12 bits per heavy atom. The average Bonchev–Trinajstić information content (AvgIpc) is 2.38. The van der Waals surface area contributed by atoms with Crippen LogP contribution in [-0.2, 0) is 0 Å². The summed E-state index contributed by atoms with van der Waals surface area (Å²) in [6.07, 6.45) is 1.30. The summed E-state index contributed by atoms with van der Waals surface area (Å²) in [6.45, 7) is 6.43. The second kappa shape index (κ2) is 5.82. The molecule has 3 heteroatoms. The van der Waals surface area contributed by atoms with Crippen molar-refractivity contribution in [3.8, 4) is 5.75 Å². The number of carbonyl (C=O) groups excluding carboxylic acids is 1. The summed E-state index contributed by atoms with van der Waals surface area (Å²) in [6, 6.07) is 7.17. The van der Waals surface area contributed by atoms with Gasteiger partial charge >= 0.3 is 0 Å². The normalized spacial score (nSPS) is 11.3. The first-order valence-electron chi connectivity index (χ1n) is 6.14. The minimum atomic E-state index is -0.743. The number of ketones is 1. The van der Waals surface area contributed by atoms with Crippen LogP contribution < -0.4 is 10.5 Å². The van der Waals surface area contributed by atoms with Gasteiger partial charge in [-0.15, -0.1) is 0 Å². The summed E-state index contributed by atoms with van der Waals surface area (Å²) in [7, 11) is 0. The van der Waals surface area contributed by atoms with Crippen LogP contribution in [0.1, 0.15) is 44.0 Å². The maximum atomic E-state index is 12.2. The standard InChI is InChI=1S/C14H21NO2/c1-4-14(15,5-2)13(16)11-7-9-12(10-8-11)17-6-3/h7-10H,4-6,15H2,1-3H3. The summed E-state index contributed by atoms with van der Waals surface area (Å²) in [4.78, 5) is 12.2. The molecular formula is C14H21NO2. The van der Waals surface area contributed by atoms with Gasteiger partial charge in [0.25, 0.3) is 0 Å². The summed E-state index contributed by atoms with van der Waals surface area (Å²) in [5, 5.41) is 0. The third-order valence-electron chi connectivity index (χ3n) is 3.14. The van der Waals surface area contributed by atoms with Gasteiger partial charge in [-0.3, -0.25) is 4.79 Å². The zero-order chi connectivity index (χ0) is 12.9. The third-order valence-corrected chi connectivity index (χ3v) is 3.14. The molecule has 0 aliphatic heterocycles. The first-order valence-corrected chi connectivity index (χ1v) is 6.14. The van der Waals surface area contributed by atoms with E-state index in [1.807, 2.05) is 32.9 Å². The van der Waals surface area contributed by atoms with E-state index in [-0.39, 0.29) is 5.78 Å². The van der Waals surface area contributed by atoms with Gasteiger partial charge in [-0.25, -0.2) is 0 Å². The Bertz CT molecular complexity index is 366. The van der Waals surface area contributed by atoms with Crippen LogP contribution in [0.2, 0.25) is 0 Å². The molecule has 0 saturated carbocycles. The topological polar surface area (TPSA) is 52.3 Å². The maximum Gasteiger partial charge on any atom is 0.182 e. The van der Waals surface area contributed by atoms with Crippen LogP contribution in [0.3, 0.4) is 0 Å². The molecule has 94 valence electrons. The lowest BCUT2D eigenvalue weighted by molar-refractivity contribution is 0.0879. The molecule has 0 radical (unpaired) electrons. The molecule has 0 atom stereocenters. The van der Waals surface area contributed by atoms with Gasteiger partial charge < -0.3 is 10.5 Å². The highest BCUT2D eigenvalue weighted by Crippen LogP contribution is 2.20. The maximum absolute atomic E-state index is 12.2. The number of hydrogen-bond acceptors (Lipinski definition) is 3. The smallest absolute Gasteiger partial charge is 0.182 e. The highest BCUT2D eigenvalue weighted by Gasteiger charge is 2.30. The van der Waals surface area contributed by atoms with Gasteiger partial charge in [0.15, 0.2) is 5.78 Å². The van der Waals surface area contributed by atoms with Crippen molar-refractivity contribution in [1.29, 1.82) is 0 Å². The van der Waals surface area contributed by atoms with Gasteiger partial charge in [-0.1, -0.05) is 13.8 Å². The molecule has 2 N–H and O–H groups in total. The molecular weight excluding hydrogens is 214 g/mol. The van der Waals surface area contributed by atoms with E-state index < -0.39 is 5.54 Å². The van der Waals surface area contributed by atoms with Crippen molar-refractivity contribution >= 4 is 5.78 Å². The molecule has 1 aromatic carbocycles. The molecule has 0 bridgehead atoms. The van der Waals surface area contributed by atoms with Crippen LogP contribution in [0.4, 0.5) is 0 Å². The van der Waals surface area contributed by atoms with Crippen molar-refractivity contribution in [3.63, 3.8) is 0 Å². The summed E-state index contributed by atoms with van der Waals surface area (Å²) >= 11 is 0. The Labute approximate surface area is 103 Å². The highest BCUT2D eigenvalue weighted by atomic mass is 16.5. The Hall–Kier alpha value is -1.35. The largest absolute Gasteiger partial charge is 0.494 e. The highest BCUT2D eigenvalue weighted by molar-refractivity contribution is 6.03. The number of benzene rings is 1. The van der Waals surface area contributed by atoms with Gasteiger partial charge in [0.2, 0.25) is 0 Å². The summed E-state index contributed by atoms with van der Waals surface area (Å²) in [5.41, 5.74) is 6.00. The average molecular weight is 235 g/mol. The van der Waals surface area contributed by atoms with E-state index in [2.05, 4.69) is 0 Å². The summed E-state index contributed by atoms with van der Waals surface area (Å²) < 4.78 is 5.34. The second-order valence-electron chi connectivity index (χ2n) is 4.15. The Kier molecular flexibility index (Phi) is 4.70. The van der Waals surface area contributed by atoms with Crippen molar-refractivity contribution in [3.05, 3.63) is 29.8 Å². The van der Waals surface area contributed by atoms with Crippen molar-refractivity contribution in [2.75, 3.05) is 6.61 Å². The first-order chi connectivity index (χ1) is 8.07. The van der Waals surface area contributed by atoms with Crippen molar-refractivity contribution in [2.24, 2.45) is 5.73 Å². The molecule has 1 rings (SSSR count). The Balaban J connectivity index is 2.89. The minimum absolute atomic E-state index is 0.00514. The zero-order valence-corrected chi connectivity index (χ0v) is 10.8. The lowest BCUT2D eigenvalue weighted by atomic mass is 9.85. The monoisotopic (exact) mass is 235 g/mol. The quantitative estimate of drug-likeness (QED) is 0.771. The third kappa shape index (κ3) is 3.07. The second-order valence-corrected chi connectivity index (χ2v) is 4.15. The lowest BCUT2D eigenvalue weighted by Crippen LogP contribution is -2.46. The fraction of sp³-hybridized carbons (Fsp3) is 0.500. The van der Waals surface area contributed by atoms with Crippen molar-refractivity contribution in [1.82, 2.24) is 0 Å². The van der Waals surface area contributed by atoms with Crippen LogP contribution in [0.15, 0.2) is 24.3 Å². The number of rotatable bonds is 6. The number of carbonyl (C=O) groups is 1. The van der Waals surface area contributed by atoms with Crippen molar-refractivity contribution in [2.45, 2.75) is 39.2 Å². The fourth-order valence-corrected chi connectivity index (χ4v) is 1.73. The van der Waals surface area contributed by atoms with E-state index >= 15 is 0 Å². The number of nitrogens with two attached hydrogens (primary N) is 1. The van der Waals surface area contributed by atoms with E-state index in [4.69, 9.17) is 10.5 Å². The molecule has 0 unspecified atom stereocenters. The molecule has 0 aromatic heterocycles. The van der Waals surface area contributed by atoms with Crippen LogP contribution >= 0.6 is 0 Å². The first kappa shape index (κ1) is 13.7. The molecule has 0 aliphatic rings. The molecule has 0 saturated heterocycles. The van der Waals surface area contributed by atoms with Crippen LogP contribution in [-0.4, -0.2) is 17.9 Å². The van der Waals surface area contributed by atoms with Gasteiger partial charge in [-0.05, 0) is 44.0 Å². The number of ether oxygens (including phenoxy) is 1. The van der Waals surface area contributed by atoms with E-state index in [9.17, 15) is 4.79 Å². The summed E-state index contributed by atoms with van der Waals surface area (Å²) in [5.74, 6) is 0.783. The van der Waals surface area contributed by atoms with E-state index in [1.54, 1.807) is 12.1 Å². The molecule has 0 aliphatic carbocycles. The predicted octanol–water partition coefficient (Wildman–Crippen LogP) is 2.79. The Morgan fingerprint density at radius 1 is 1.18 bits per heavy atom. The van der Waals surface area contributed by atoms with E-state index in [0.29, 0.717) is 25.0 Å². The molecule has 0 heterocycles. The van der Waals surface area contributed by atoms with E-state index in [1.165, 1.54) is 0 Å². The zero-order valence-electron chi connectivity index (χ0n) is 10.8.